The molecule has 0 bridgehead atoms. The molecular weight excluding hydrogens is 415 g/mol. The summed E-state index contributed by atoms with van der Waals surface area (Å²) >= 11 is 0. The predicted octanol–water partition coefficient (Wildman–Crippen LogP) is 7.81. The highest BCUT2D eigenvalue weighted by Crippen LogP contribution is 2.62. The molecule has 2 aliphatic carbocycles. The van der Waals surface area contributed by atoms with E-state index in [1.807, 2.05) is 12.1 Å². The van der Waals surface area contributed by atoms with Crippen molar-refractivity contribution < 1.29 is 17.3 Å². The lowest BCUT2D eigenvalue weighted by atomic mass is 9.70. The molecule has 2 aliphatic rings. The molecule has 1 spiro atoms. The Morgan fingerprint density at radius 1 is 0.562 bits per heavy atom. The third-order valence-electron chi connectivity index (χ3n) is 6.10. The minimum Gasteiger partial charge on any atom is -0.418 e. The molecule has 0 saturated carbocycles. The molecule has 0 unspecified atom stereocenters. The van der Waals surface area contributed by atoms with E-state index in [9.17, 15) is 22.7 Å². The summed E-state index contributed by atoms with van der Waals surface area (Å²) in [5.74, 6) is 0. The van der Waals surface area contributed by atoms with Crippen molar-refractivity contribution in [2.45, 2.75) is 5.41 Å². The molecule has 0 saturated heterocycles. The second kappa shape index (κ2) is 7.06. The van der Waals surface area contributed by atoms with Crippen LogP contribution in [0.25, 0.3) is 27.2 Å². The molecule has 7 heteroatoms. The summed E-state index contributed by atoms with van der Waals surface area (Å²) in [4.78, 5) is 3.48. The van der Waals surface area contributed by atoms with Crippen molar-refractivity contribution in [2.75, 3.05) is 0 Å². The number of fused-ring (bicyclic) bond motifs is 10. The molecule has 0 amide bonds. The maximum Gasteiger partial charge on any atom is 0.673 e. The largest absolute Gasteiger partial charge is 0.673 e. The minimum absolute atomic E-state index is 0.361. The van der Waals surface area contributed by atoms with Gasteiger partial charge in [-0.25, -0.2) is 0 Å². The second-order valence-electron chi connectivity index (χ2n) is 7.71. The number of nitrogens with zero attached hydrogens (tertiary/aromatic N) is 2. The van der Waals surface area contributed by atoms with Crippen molar-refractivity contribution in [1.82, 2.24) is 0 Å². The Morgan fingerprint density at radius 3 is 1.34 bits per heavy atom. The number of rotatable bonds is 0. The van der Waals surface area contributed by atoms with Crippen LogP contribution in [0.15, 0.2) is 91.0 Å². The second-order valence-corrected chi connectivity index (χ2v) is 7.71. The van der Waals surface area contributed by atoms with Crippen LogP contribution in [0.4, 0.5) is 23.0 Å². The highest BCUT2D eigenvalue weighted by molar-refractivity contribution is 6.50. The summed E-state index contributed by atoms with van der Waals surface area (Å²) in [6, 6.07) is 32.0. The van der Waals surface area contributed by atoms with Crippen LogP contribution in [0.3, 0.4) is 0 Å². The normalized spacial score (nSPS) is 13.8. The first-order valence-corrected chi connectivity index (χ1v) is 10.0. The Morgan fingerprint density at radius 2 is 0.938 bits per heavy atom. The molecule has 32 heavy (non-hydrogen) atoms. The van der Waals surface area contributed by atoms with Crippen molar-refractivity contribution in [3.05, 3.63) is 118 Å². The first-order chi connectivity index (χ1) is 15.4. The lowest BCUT2D eigenvalue weighted by Gasteiger charge is -2.29. The smallest absolute Gasteiger partial charge is 0.418 e. The average molecular weight is 430 g/mol. The molecule has 0 N–H and O–H groups in total. The lowest BCUT2D eigenvalue weighted by molar-refractivity contribution is 0.368. The van der Waals surface area contributed by atoms with Crippen molar-refractivity contribution in [3.63, 3.8) is 0 Å². The zero-order valence-corrected chi connectivity index (χ0v) is 16.6. The minimum atomic E-state index is -6.00. The zero-order chi connectivity index (χ0) is 22.5. The third kappa shape index (κ3) is 2.84. The molecule has 0 aromatic heterocycles. The zero-order valence-electron chi connectivity index (χ0n) is 16.6. The van der Waals surface area contributed by atoms with Gasteiger partial charge < -0.3 is 17.3 Å². The van der Waals surface area contributed by atoms with Gasteiger partial charge in [0.15, 0.2) is 4.98 Å². The Hall–Kier alpha value is -3.92. The molecule has 4 aromatic rings. The Labute approximate surface area is 181 Å². The number of benzene rings is 4. The molecule has 0 heterocycles. The molecular formula is C25H15BF4N2. The van der Waals surface area contributed by atoms with E-state index >= 15 is 0 Å². The van der Waals surface area contributed by atoms with Gasteiger partial charge in [0.2, 0.25) is 5.39 Å². The van der Waals surface area contributed by atoms with Gasteiger partial charge in [-0.15, -0.1) is 0 Å². The molecule has 6 rings (SSSR count). The number of hydrogen-bond donors (Lipinski definition) is 0. The number of hydrogen-bond acceptors (Lipinski definition) is 1. The summed E-state index contributed by atoms with van der Waals surface area (Å²) in [5.41, 5.74) is 10.3. The first-order valence-electron chi connectivity index (χ1n) is 10.0. The Balaban J connectivity index is 0.000000393. The summed E-state index contributed by atoms with van der Waals surface area (Å²) in [6.45, 7) is 0. The van der Waals surface area contributed by atoms with Gasteiger partial charge in [-0.3, -0.25) is 0 Å². The molecule has 0 fully saturated rings. The van der Waals surface area contributed by atoms with Crippen molar-refractivity contribution in [1.29, 1.82) is 5.39 Å². The Kier molecular flexibility index (Phi) is 4.42. The van der Waals surface area contributed by atoms with E-state index in [-0.39, 0.29) is 5.41 Å². The van der Waals surface area contributed by atoms with E-state index < -0.39 is 7.25 Å². The SMILES string of the molecule is F[B-](F)(F)F.N#[N+]c1ccc2c(c1)C1(c3ccccc3-c3ccccc31)c1ccccc1-2. The first kappa shape index (κ1) is 20.0. The van der Waals surface area contributed by atoms with Crippen molar-refractivity contribution in [3.8, 4) is 22.3 Å². The van der Waals surface area contributed by atoms with Crippen LogP contribution in [0.5, 0.6) is 0 Å². The quantitative estimate of drug-likeness (QED) is 0.137. The van der Waals surface area contributed by atoms with Crippen LogP contribution < -0.4 is 0 Å². The lowest BCUT2D eigenvalue weighted by Crippen LogP contribution is -2.25. The molecule has 0 radical (unpaired) electrons. The Bertz CT molecular complexity index is 1340. The summed E-state index contributed by atoms with van der Waals surface area (Å²) in [6.07, 6.45) is 0. The van der Waals surface area contributed by atoms with E-state index in [4.69, 9.17) is 0 Å². The summed E-state index contributed by atoms with van der Waals surface area (Å²) in [5, 5.41) is 9.43. The maximum atomic E-state index is 9.75. The summed E-state index contributed by atoms with van der Waals surface area (Å²) in [7, 11) is -6.00. The average Bonchev–Trinajstić information content (AvgIpc) is 3.25. The monoisotopic (exact) mass is 430 g/mol. The molecule has 156 valence electrons. The fourth-order valence-corrected chi connectivity index (χ4v) is 5.15. The topological polar surface area (TPSA) is 28.1 Å². The van der Waals surface area contributed by atoms with Crippen LogP contribution in [-0.4, -0.2) is 7.25 Å². The van der Waals surface area contributed by atoms with E-state index in [0.29, 0.717) is 5.69 Å². The third-order valence-corrected chi connectivity index (χ3v) is 6.10. The fourth-order valence-electron chi connectivity index (χ4n) is 5.15. The molecule has 0 aliphatic heterocycles. The molecule has 0 atom stereocenters. The molecule has 2 nitrogen and oxygen atoms in total. The van der Waals surface area contributed by atoms with Crippen molar-refractivity contribution >= 4 is 12.9 Å². The predicted molar refractivity (Wildman–Crippen MR) is 118 cm³/mol. The molecule has 4 aromatic carbocycles. The van der Waals surface area contributed by atoms with Gasteiger partial charge in [-0.05, 0) is 50.6 Å². The highest BCUT2D eigenvalue weighted by atomic mass is 19.5. The van der Waals surface area contributed by atoms with E-state index in [1.54, 1.807) is 0 Å². The van der Waals surface area contributed by atoms with Gasteiger partial charge in [0.05, 0.1) is 5.41 Å². The van der Waals surface area contributed by atoms with Gasteiger partial charge >= 0.3 is 12.9 Å². The standard InChI is InChI=1S/C25H15N2.BF4/c26-27-16-13-14-20-19-9-3-6-12-23(19)25(24(20)15-16)21-10-4-1-7-17(21)18-8-2-5-11-22(18)25;2-1(3,4)5/h1-15H;/q+1;-1. The van der Waals surface area contributed by atoms with Gasteiger partial charge in [0.25, 0.3) is 0 Å². The van der Waals surface area contributed by atoms with E-state index in [0.717, 1.165) is 0 Å². The van der Waals surface area contributed by atoms with Crippen molar-refractivity contribution in [2.24, 2.45) is 0 Å². The maximum absolute atomic E-state index is 9.75. The van der Waals surface area contributed by atoms with Crippen LogP contribution in [-0.2, 0) is 5.41 Å². The highest BCUT2D eigenvalue weighted by Gasteiger charge is 2.51. The number of diazo groups is 1. The fraction of sp³-hybridized carbons (Fsp3) is 0.0400. The van der Waals surface area contributed by atoms with Crippen LogP contribution in [0, 0.1) is 5.39 Å². The van der Waals surface area contributed by atoms with Gasteiger partial charge in [0.1, 0.15) is 0 Å². The van der Waals surface area contributed by atoms with Gasteiger partial charge in [-0.2, -0.15) is 0 Å². The van der Waals surface area contributed by atoms with Gasteiger partial charge in [0, 0.05) is 12.1 Å². The van der Waals surface area contributed by atoms with Crippen LogP contribution in [0.2, 0.25) is 0 Å². The van der Waals surface area contributed by atoms with Crippen LogP contribution in [0.1, 0.15) is 22.3 Å². The van der Waals surface area contributed by atoms with Crippen LogP contribution >= 0.6 is 0 Å². The van der Waals surface area contributed by atoms with E-state index in [1.165, 1.54) is 44.5 Å². The number of halogens is 4. The van der Waals surface area contributed by atoms with Gasteiger partial charge in [-0.1, -0.05) is 72.8 Å². The summed E-state index contributed by atoms with van der Waals surface area (Å²) < 4.78 is 39.0. The van der Waals surface area contributed by atoms with E-state index in [2.05, 4.69) is 83.8 Å².